The second-order valence-electron chi connectivity index (χ2n) is 7.71. The van der Waals surface area contributed by atoms with Crippen molar-refractivity contribution in [1.82, 2.24) is 9.21 Å². The second-order valence-corrected chi connectivity index (χ2v) is 9.64. The Kier molecular flexibility index (Phi) is 5.72. The summed E-state index contributed by atoms with van der Waals surface area (Å²) in [5, 5.41) is 0. The molecular weight excluding hydrogens is 388 g/mol. The lowest BCUT2D eigenvalue weighted by Crippen LogP contribution is -2.36. The molecule has 1 atom stereocenters. The number of likely N-dealkylation sites (N-methyl/N-ethyl adjacent to an activating group) is 1. The number of carbonyl (C=O) groups excluding carboxylic acids is 1. The molecule has 1 amide bonds. The van der Waals surface area contributed by atoms with Gasteiger partial charge in [0.1, 0.15) is 0 Å². The van der Waals surface area contributed by atoms with Gasteiger partial charge in [-0.3, -0.25) is 4.79 Å². The highest BCUT2D eigenvalue weighted by Gasteiger charge is 2.29. The molecule has 1 unspecified atom stereocenters. The van der Waals surface area contributed by atoms with Gasteiger partial charge in [-0.15, -0.1) is 0 Å². The van der Waals surface area contributed by atoms with Crippen LogP contribution in [0.15, 0.2) is 53.4 Å². The first-order chi connectivity index (χ1) is 13.9. The van der Waals surface area contributed by atoms with E-state index >= 15 is 0 Å². The Balaban J connectivity index is 1.52. The largest absolute Gasteiger partial charge is 0.376 e. The molecule has 0 spiro atoms. The summed E-state index contributed by atoms with van der Waals surface area (Å²) in [6.45, 7) is 2.05. The minimum Gasteiger partial charge on any atom is -0.376 e. The van der Waals surface area contributed by atoms with Crippen LogP contribution in [0.1, 0.15) is 34.3 Å². The molecule has 4 rings (SSSR count). The van der Waals surface area contributed by atoms with Crippen molar-refractivity contribution in [2.24, 2.45) is 0 Å². The third-order valence-corrected chi connectivity index (χ3v) is 7.50. The van der Waals surface area contributed by atoms with Crippen LogP contribution in [0.25, 0.3) is 0 Å². The Bertz CT molecular complexity index is 999. The van der Waals surface area contributed by atoms with Crippen LogP contribution < -0.4 is 0 Å². The van der Waals surface area contributed by atoms with Crippen LogP contribution in [0.4, 0.5) is 0 Å². The summed E-state index contributed by atoms with van der Waals surface area (Å²) in [6, 6.07) is 14.3. The average molecular weight is 415 g/mol. The third-order valence-electron chi connectivity index (χ3n) is 5.66. The first-order valence-electron chi connectivity index (χ1n) is 9.99. The Labute approximate surface area is 172 Å². The number of ether oxygens (including phenoxy) is 1. The van der Waals surface area contributed by atoms with Crippen LogP contribution in [0, 0.1) is 0 Å². The fourth-order valence-electron chi connectivity index (χ4n) is 4.01. The lowest BCUT2D eigenvalue weighted by atomic mass is 10.0. The van der Waals surface area contributed by atoms with Crippen molar-refractivity contribution in [1.29, 1.82) is 0 Å². The zero-order valence-corrected chi connectivity index (χ0v) is 17.4. The topological polar surface area (TPSA) is 66.9 Å². The first kappa shape index (κ1) is 20.1. The van der Waals surface area contributed by atoms with Gasteiger partial charge in [0.2, 0.25) is 10.0 Å². The van der Waals surface area contributed by atoms with Crippen molar-refractivity contribution in [3.63, 3.8) is 0 Å². The molecule has 29 heavy (non-hydrogen) atoms. The first-order valence-corrected chi connectivity index (χ1v) is 11.4. The molecule has 0 N–H and O–H groups in total. The minimum atomic E-state index is -3.67. The normalized spacial score (nSPS) is 19.7. The van der Waals surface area contributed by atoms with E-state index in [9.17, 15) is 13.2 Å². The Morgan fingerprint density at radius 3 is 2.72 bits per heavy atom. The van der Waals surface area contributed by atoms with Crippen LogP contribution in [-0.2, 0) is 27.7 Å². The van der Waals surface area contributed by atoms with Gasteiger partial charge in [0.15, 0.2) is 0 Å². The molecular formula is C22H26N2O4S. The molecule has 2 aliphatic heterocycles. The highest BCUT2D eigenvalue weighted by Crippen LogP contribution is 2.25. The van der Waals surface area contributed by atoms with Crippen molar-refractivity contribution in [3.8, 4) is 0 Å². The standard InChI is InChI=1S/C22H26N2O4S/c1-23(16-20-9-5-13-28-20)22(25)18-8-4-10-21(14-18)29(26,27)24-12-11-17-6-2-3-7-19(17)15-24/h2-4,6-8,10,14,20H,5,9,11-13,15-16H2,1H3. The maximum absolute atomic E-state index is 13.2. The fourth-order valence-corrected chi connectivity index (χ4v) is 5.48. The third kappa shape index (κ3) is 4.22. The molecule has 6 nitrogen and oxygen atoms in total. The lowest BCUT2D eigenvalue weighted by molar-refractivity contribution is 0.0587. The zero-order valence-electron chi connectivity index (χ0n) is 16.6. The molecule has 0 aliphatic carbocycles. The zero-order chi connectivity index (χ0) is 20.4. The van der Waals surface area contributed by atoms with Crippen molar-refractivity contribution in [2.75, 3.05) is 26.7 Å². The maximum atomic E-state index is 13.2. The van der Waals surface area contributed by atoms with E-state index in [0.29, 0.717) is 31.6 Å². The van der Waals surface area contributed by atoms with Crippen molar-refractivity contribution in [3.05, 3.63) is 65.2 Å². The van der Waals surface area contributed by atoms with E-state index in [1.807, 2.05) is 24.3 Å². The minimum absolute atomic E-state index is 0.0595. The van der Waals surface area contributed by atoms with Gasteiger partial charge in [-0.05, 0) is 48.6 Å². The maximum Gasteiger partial charge on any atom is 0.253 e. The molecule has 0 radical (unpaired) electrons. The molecule has 0 aromatic heterocycles. The number of benzene rings is 2. The molecule has 0 bridgehead atoms. The van der Waals surface area contributed by atoms with Gasteiger partial charge in [-0.25, -0.2) is 8.42 Å². The van der Waals surface area contributed by atoms with Gasteiger partial charge < -0.3 is 9.64 Å². The number of carbonyl (C=O) groups is 1. The van der Waals surface area contributed by atoms with Gasteiger partial charge in [0.05, 0.1) is 11.0 Å². The molecule has 2 aromatic carbocycles. The number of amides is 1. The number of hydrogen-bond donors (Lipinski definition) is 0. The highest BCUT2D eigenvalue weighted by atomic mass is 32.2. The Hall–Kier alpha value is -2.22. The van der Waals surface area contributed by atoms with Crippen molar-refractivity contribution in [2.45, 2.75) is 36.8 Å². The van der Waals surface area contributed by atoms with E-state index in [1.165, 1.54) is 15.9 Å². The summed E-state index contributed by atoms with van der Waals surface area (Å²) in [7, 11) is -1.94. The predicted octanol–water partition coefficient (Wildman–Crippen LogP) is 2.68. The molecule has 7 heteroatoms. The van der Waals surface area contributed by atoms with Gasteiger partial charge >= 0.3 is 0 Å². The predicted molar refractivity (Wildman–Crippen MR) is 110 cm³/mol. The highest BCUT2D eigenvalue weighted by molar-refractivity contribution is 7.89. The lowest BCUT2D eigenvalue weighted by Gasteiger charge is -2.28. The van der Waals surface area contributed by atoms with E-state index in [-0.39, 0.29) is 16.9 Å². The van der Waals surface area contributed by atoms with E-state index in [4.69, 9.17) is 4.74 Å². The van der Waals surface area contributed by atoms with Crippen LogP contribution in [0.2, 0.25) is 0 Å². The SMILES string of the molecule is CN(CC1CCCO1)C(=O)c1cccc(S(=O)(=O)N2CCc3ccccc3C2)c1. The summed E-state index contributed by atoms with van der Waals surface area (Å²) < 4.78 is 33.5. The number of sulfonamides is 1. The molecule has 1 saturated heterocycles. The average Bonchev–Trinajstić information content (AvgIpc) is 3.26. The van der Waals surface area contributed by atoms with E-state index < -0.39 is 10.0 Å². The van der Waals surface area contributed by atoms with Gasteiger partial charge in [0.25, 0.3) is 5.91 Å². The molecule has 2 heterocycles. The van der Waals surface area contributed by atoms with Gasteiger partial charge in [-0.1, -0.05) is 30.3 Å². The van der Waals surface area contributed by atoms with Crippen molar-refractivity contribution < 1.29 is 17.9 Å². The number of rotatable bonds is 5. The number of fused-ring (bicyclic) bond motifs is 1. The Morgan fingerprint density at radius 2 is 1.97 bits per heavy atom. The summed E-state index contributed by atoms with van der Waals surface area (Å²) >= 11 is 0. The molecule has 2 aliphatic rings. The fraction of sp³-hybridized carbons (Fsp3) is 0.409. The number of nitrogens with zero attached hydrogens (tertiary/aromatic N) is 2. The molecule has 0 saturated carbocycles. The molecule has 2 aromatic rings. The van der Waals surface area contributed by atoms with Gasteiger partial charge in [0, 0.05) is 38.9 Å². The monoisotopic (exact) mass is 414 g/mol. The summed E-state index contributed by atoms with van der Waals surface area (Å²) in [6.07, 6.45) is 2.71. The van der Waals surface area contributed by atoms with Crippen LogP contribution >= 0.6 is 0 Å². The van der Waals surface area contributed by atoms with E-state index in [0.717, 1.165) is 25.0 Å². The molecule has 1 fully saturated rings. The quantitative estimate of drug-likeness (QED) is 0.755. The summed E-state index contributed by atoms with van der Waals surface area (Å²) in [4.78, 5) is 14.6. The smallest absolute Gasteiger partial charge is 0.253 e. The summed E-state index contributed by atoms with van der Waals surface area (Å²) in [5.41, 5.74) is 2.61. The second kappa shape index (κ2) is 8.26. The summed E-state index contributed by atoms with van der Waals surface area (Å²) in [5.74, 6) is -0.193. The Morgan fingerprint density at radius 1 is 1.17 bits per heavy atom. The van der Waals surface area contributed by atoms with Crippen LogP contribution in [-0.4, -0.2) is 56.4 Å². The van der Waals surface area contributed by atoms with Crippen LogP contribution in [0.3, 0.4) is 0 Å². The molecule has 154 valence electrons. The van der Waals surface area contributed by atoms with Crippen LogP contribution in [0.5, 0.6) is 0 Å². The van der Waals surface area contributed by atoms with E-state index in [2.05, 4.69) is 0 Å². The van der Waals surface area contributed by atoms with Gasteiger partial charge in [-0.2, -0.15) is 4.31 Å². The van der Waals surface area contributed by atoms with Crippen molar-refractivity contribution >= 4 is 15.9 Å². The van der Waals surface area contributed by atoms with E-state index in [1.54, 1.807) is 30.1 Å². The number of hydrogen-bond acceptors (Lipinski definition) is 4.